The van der Waals surface area contributed by atoms with Crippen molar-refractivity contribution in [2.45, 2.75) is 26.3 Å². The number of benzene rings is 1. The van der Waals surface area contributed by atoms with Crippen LogP contribution in [-0.4, -0.2) is 23.0 Å². The number of nitrogens with zero attached hydrogens (tertiary/aromatic N) is 2. The summed E-state index contributed by atoms with van der Waals surface area (Å²) >= 11 is 1.84. The number of aromatic nitrogens is 1. The Kier molecular flexibility index (Phi) is 3.12. The van der Waals surface area contributed by atoms with E-state index in [9.17, 15) is 0 Å². The molecular formula is C14H18N2S. The predicted molar refractivity (Wildman–Crippen MR) is 73.3 cm³/mol. The Morgan fingerprint density at radius 2 is 2.29 bits per heavy atom. The minimum Gasteiger partial charge on any atom is -0.296 e. The van der Waals surface area contributed by atoms with E-state index in [1.807, 2.05) is 11.3 Å². The normalized spacial score (nSPS) is 22.1. The molecule has 3 heteroatoms. The standard InChI is InChI=1S/C14H18N2S/c1-11-5-4-8-16(9-11)10-14-15-12-6-2-3-7-13(12)17-14/h2-3,6-7,11H,4-5,8-10H2,1H3/t11-/m0/s1. The lowest BCUT2D eigenvalue weighted by Gasteiger charge is -2.29. The van der Waals surface area contributed by atoms with E-state index in [0.717, 1.165) is 18.0 Å². The highest BCUT2D eigenvalue weighted by atomic mass is 32.1. The number of hydrogen-bond acceptors (Lipinski definition) is 3. The van der Waals surface area contributed by atoms with Crippen molar-refractivity contribution in [2.24, 2.45) is 5.92 Å². The van der Waals surface area contributed by atoms with Crippen molar-refractivity contribution >= 4 is 21.6 Å². The zero-order chi connectivity index (χ0) is 11.7. The predicted octanol–water partition coefficient (Wildman–Crippen LogP) is 3.53. The number of piperidine rings is 1. The van der Waals surface area contributed by atoms with Crippen LogP contribution in [0.15, 0.2) is 24.3 Å². The molecule has 2 nitrogen and oxygen atoms in total. The first-order valence-corrected chi connectivity index (χ1v) is 7.20. The molecule has 2 heterocycles. The molecule has 2 aromatic rings. The molecule has 3 rings (SSSR count). The fourth-order valence-electron chi connectivity index (χ4n) is 2.61. The van der Waals surface area contributed by atoms with Gasteiger partial charge in [0.05, 0.1) is 16.8 Å². The Morgan fingerprint density at radius 3 is 3.12 bits per heavy atom. The second kappa shape index (κ2) is 4.75. The van der Waals surface area contributed by atoms with E-state index in [1.54, 1.807) is 0 Å². The molecule has 0 spiro atoms. The Hall–Kier alpha value is -0.930. The highest BCUT2D eigenvalue weighted by Gasteiger charge is 2.17. The molecule has 0 bridgehead atoms. The van der Waals surface area contributed by atoms with Crippen LogP contribution in [-0.2, 0) is 6.54 Å². The number of para-hydroxylation sites is 1. The Morgan fingerprint density at radius 1 is 1.41 bits per heavy atom. The van der Waals surface area contributed by atoms with Crippen molar-refractivity contribution in [3.63, 3.8) is 0 Å². The van der Waals surface area contributed by atoms with E-state index >= 15 is 0 Å². The first-order valence-electron chi connectivity index (χ1n) is 6.38. The summed E-state index contributed by atoms with van der Waals surface area (Å²) in [6.07, 6.45) is 2.72. The molecule has 0 radical (unpaired) electrons. The lowest BCUT2D eigenvalue weighted by Crippen LogP contribution is -2.33. The van der Waals surface area contributed by atoms with Crippen LogP contribution in [0.3, 0.4) is 0 Å². The molecule has 1 fully saturated rings. The van der Waals surface area contributed by atoms with Gasteiger partial charge < -0.3 is 0 Å². The number of thiazole rings is 1. The van der Waals surface area contributed by atoms with E-state index in [0.29, 0.717) is 0 Å². The first-order chi connectivity index (χ1) is 8.31. The number of hydrogen-bond donors (Lipinski definition) is 0. The average Bonchev–Trinajstić information content (AvgIpc) is 2.71. The van der Waals surface area contributed by atoms with Gasteiger partial charge >= 0.3 is 0 Å². The van der Waals surface area contributed by atoms with Gasteiger partial charge in [0.25, 0.3) is 0 Å². The van der Waals surface area contributed by atoms with Crippen molar-refractivity contribution in [3.05, 3.63) is 29.3 Å². The van der Waals surface area contributed by atoms with Crippen LogP contribution in [0.2, 0.25) is 0 Å². The highest BCUT2D eigenvalue weighted by Crippen LogP contribution is 2.24. The minimum absolute atomic E-state index is 0.845. The van der Waals surface area contributed by atoms with Gasteiger partial charge in [0, 0.05) is 6.54 Å². The molecule has 1 aromatic heterocycles. The van der Waals surface area contributed by atoms with Crippen molar-refractivity contribution in [1.82, 2.24) is 9.88 Å². The second-order valence-corrected chi connectivity index (χ2v) is 6.17. The van der Waals surface area contributed by atoms with Gasteiger partial charge in [0.2, 0.25) is 0 Å². The maximum absolute atomic E-state index is 4.71. The van der Waals surface area contributed by atoms with Crippen molar-refractivity contribution in [1.29, 1.82) is 0 Å². The third kappa shape index (κ3) is 2.50. The summed E-state index contributed by atoms with van der Waals surface area (Å²) in [4.78, 5) is 7.26. The van der Waals surface area contributed by atoms with Gasteiger partial charge in [-0.05, 0) is 37.4 Å². The molecule has 17 heavy (non-hydrogen) atoms. The van der Waals surface area contributed by atoms with Crippen LogP contribution in [0.4, 0.5) is 0 Å². The quantitative estimate of drug-likeness (QED) is 0.806. The smallest absolute Gasteiger partial charge is 0.108 e. The van der Waals surface area contributed by atoms with Crippen molar-refractivity contribution in [3.8, 4) is 0 Å². The van der Waals surface area contributed by atoms with Crippen LogP contribution < -0.4 is 0 Å². The lowest BCUT2D eigenvalue weighted by molar-refractivity contribution is 0.176. The van der Waals surface area contributed by atoms with Crippen molar-refractivity contribution in [2.75, 3.05) is 13.1 Å². The molecule has 0 unspecified atom stereocenters. The van der Waals surface area contributed by atoms with E-state index in [4.69, 9.17) is 4.98 Å². The third-order valence-corrected chi connectivity index (χ3v) is 4.46. The number of fused-ring (bicyclic) bond motifs is 1. The fraction of sp³-hybridized carbons (Fsp3) is 0.500. The molecule has 0 saturated carbocycles. The summed E-state index contributed by atoms with van der Waals surface area (Å²) in [6, 6.07) is 8.42. The van der Waals surface area contributed by atoms with E-state index in [1.165, 1.54) is 35.6 Å². The molecule has 1 aliphatic heterocycles. The molecule has 1 aromatic carbocycles. The molecule has 90 valence electrons. The highest BCUT2D eigenvalue weighted by molar-refractivity contribution is 7.18. The largest absolute Gasteiger partial charge is 0.296 e. The molecule has 1 aliphatic rings. The number of rotatable bonds is 2. The van der Waals surface area contributed by atoms with Gasteiger partial charge in [0.1, 0.15) is 5.01 Å². The molecule has 0 aliphatic carbocycles. The summed E-state index contributed by atoms with van der Waals surface area (Å²) in [6.45, 7) is 5.85. The monoisotopic (exact) mass is 246 g/mol. The second-order valence-electron chi connectivity index (χ2n) is 5.06. The zero-order valence-electron chi connectivity index (χ0n) is 10.2. The Labute approximate surface area is 106 Å². The Bertz CT molecular complexity index is 473. The maximum Gasteiger partial charge on any atom is 0.108 e. The summed E-state index contributed by atoms with van der Waals surface area (Å²) in [7, 11) is 0. The van der Waals surface area contributed by atoms with E-state index < -0.39 is 0 Å². The van der Waals surface area contributed by atoms with Gasteiger partial charge in [-0.15, -0.1) is 11.3 Å². The average molecular weight is 246 g/mol. The molecular weight excluding hydrogens is 228 g/mol. The fourth-order valence-corrected chi connectivity index (χ4v) is 3.62. The number of likely N-dealkylation sites (tertiary alicyclic amines) is 1. The summed E-state index contributed by atoms with van der Waals surface area (Å²) < 4.78 is 1.31. The third-order valence-electron chi connectivity index (χ3n) is 3.44. The maximum atomic E-state index is 4.71. The van der Waals surface area contributed by atoms with Gasteiger partial charge in [-0.2, -0.15) is 0 Å². The van der Waals surface area contributed by atoms with Gasteiger partial charge in [-0.25, -0.2) is 4.98 Å². The van der Waals surface area contributed by atoms with Gasteiger partial charge in [0.15, 0.2) is 0 Å². The lowest BCUT2D eigenvalue weighted by atomic mass is 10.0. The summed E-state index contributed by atoms with van der Waals surface area (Å²) in [5.74, 6) is 0.845. The SMILES string of the molecule is C[C@H]1CCCN(Cc2nc3ccccc3s2)C1. The van der Waals surface area contributed by atoms with Crippen molar-refractivity contribution < 1.29 is 0 Å². The summed E-state index contributed by atoms with van der Waals surface area (Å²) in [5.41, 5.74) is 1.15. The Balaban J connectivity index is 1.75. The first kappa shape index (κ1) is 11.2. The van der Waals surface area contributed by atoms with Crippen LogP contribution in [0.25, 0.3) is 10.2 Å². The molecule has 1 atom stereocenters. The van der Waals surface area contributed by atoms with Crippen LogP contribution in [0.1, 0.15) is 24.8 Å². The van der Waals surface area contributed by atoms with Gasteiger partial charge in [-0.1, -0.05) is 19.1 Å². The zero-order valence-corrected chi connectivity index (χ0v) is 11.0. The molecule has 0 N–H and O–H groups in total. The van der Waals surface area contributed by atoms with Crippen LogP contribution in [0, 0.1) is 5.92 Å². The molecule has 1 saturated heterocycles. The van der Waals surface area contributed by atoms with Crippen LogP contribution in [0.5, 0.6) is 0 Å². The van der Waals surface area contributed by atoms with Gasteiger partial charge in [-0.3, -0.25) is 4.90 Å². The minimum atomic E-state index is 0.845. The molecule has 0 amide bonds. The topological polar surface area (TPSA) is 16.1 Å². The van der Waals surface area contributed by atoms with E-state index in [2.05, 4.69) is 36.1 Å². The summed E-state index contributed by atoms with van der Waals surface area (Å²) in [5, 5.41) is 1.26. The van der Waals surface area contributed by atoms with E-state index in [-0.39, 0.29) is 0 Å². The van der Waals surface area contributed by atoms with Crippen LogP contribution >= 0.6 is 11.3 Å².